The molecule has 0 aliphatic carbocycles. The van der Waals surface area contributed by atoms with Crippen LogP contribution in [0.3, 0.4) is 0 Å². The van der Waals surface area contributed by atoms with Crippen molar-refractivity contribution in [3.63, 3.8) is 0 Å². The molecule has 3 aromatic rings. The van der Waals surface area contributed by atoms with Crippen LogP contribution in [0.25, 0.3) is 0 Å². The van der Waals surface area contributed by atoms with Gasteiger partial charge in [-0.2, -0.15) is 0 Å². The van der Waals surface area contributed by atoms with Crippen molar-refractivity contribution in [3.8, 4) is 0 Å². The lowest BCUT2D eigenvalue weighted by molar-refractivity contribution is 0.0492. The fraction of sp³-hybridized carbons (Fsp3) is 0.278. The lowest BCUT2D eigenvalue weighted by atomic mass is 10.1. The number of aromatic nitrogens is 5. The highest BCUT2D eigenvalue weighted by molar-refractivity contribution is 5.93. The molecule has 1 aliphatic heterocycles. The largest absolute Gasteiger partial charge is 0.347 e. The van der Waals surface area contributed by atoms with E-state index in [4.69, 9.17) is 0 Å². The Kier molecular flexibility index (Phi) is 4.41. The standard InChI is InChI=1S/C18H19N7O2/c1-23-10-16(20-12-23)18(27)24-8-14(9-24)25-11-15(21-22-25)17(26)19-7-13-5-3-2-4-6-13/h2-6,10-12,14H,7-9H2,1H3,(H,19,26). The molecule has 1 saturated heterocycles. The molecule has 4 rings (SSSR count). The molecular weight excluding hydrogens is 346 g/mol. The zero-order valence-electron chi connectivity index (χ0n) is 14.8. The minimum absolute atomic E-state index is 0.0147. The van der Waals surface area contributed by atoms with Gasteiger partial charge >= 0.3 is 0 Å². The maximum absolute atomic E-state index is 12.3. The monoisotopic (exact) mass is 365 g/mol. The van der Waals surface area contributed by atoms with Crippen LogP contribution < -0.4 is 5.32 Å². The first-order valence-corrected chi connectivity index (χ1v) is 8.61. The lowest BCUT2D eigenvalue weighted by Gasteiger charge is -2.38. The Morgan fingerprint density at radius 2 is 1.93 bits per heavy atom. The van der Waals surface area contributed by atoms with Crippen LogP contribution in [-0.4, -0.2) is 54.3 Å². The third kappa shape index (κ3) is 3.57. The molecule has 1 fully saturated rings. The van der Waals surface area contributed by atoms with Crippen LogP contribution in [-0.2, 0) is 13.6 Å². The average Bonchev–Trinajstić information content (AvgIpc) is 3.29. The van der Waals surface area contributed by atoms with Gasteiger partial charge in [-0.15, -0.1) is 5.10 Å². The second kappa shape index (κ2) is 7.02. The van der Waals surface area contributed by atoms with E-state index in [0.717, 1.165) is 5.56 Å². The SMILES string of the molecule is Cn1cnc(C(=O)N2CC(n3cc(C(=O)NCc4ccccc4)nn3)C2)c1. The molecule has 27 heavy (non-hydrogen) atoms. The number of nitrogens with zero attached hydrogens (tertiary/aromatic N) is 6. The fourth-order valence-electron chi connectivity index (χ4n) is 2.90. The molecule has 0 radical (unpaired) electrons. The molecule has 1 N–H and O–H groups in total. The Hall–Kier alpha value is -3.49. The second-order valence-corrected chi connectivity index (χ2v) is 6.54. The number of nitrogens with one attached hydrogen (secondary N) is 1. The highest BCUT2D eigenvalue weighted by Crippen LogP contribution is 2.22. The summed E-state index contributed by atoms with van der Waals surface area (Å²) in [4.78, 5) is 30.3. The fourth-order valence-corrected chi connectivity index (χ4v) is 2.90. The van der Waals surface area contributed by atoms with Gasteiger partial charge in [0.2, 0.25) is 0 Å². The molecule has 2 amide bonds. The van der Waals surface area contributed by atoms with E-state index >= 15 is 0 Å². The van der Waals surface area contributed by atoms with Crippen LogP contribution in [0.5, 0.6) is 0 Å². The summed E-state index contributed by atoms with van der Waals surface area (Å²) in [5, 5.41) is 10.8. The van der Waals surface area contributed by atoms with Crippen molar-refractivity contribution in [2.75, 3.05) is 13.1 Å². The van der Waals surface area contributed by atoms with Crippen LogP contribution in [0.15, 0.2) is 49.1 Å². The molecule has 0 atom stereocenters. The number of amides is 2. The van der Waals surface area contributed by atoms with E-state index in [1.54, 1.807) is 32.9 Å². The van der Waals surface area contributed by atoms with Crippen molar-refractivity contribution in [1.82, 2.24) is 34.8 Å². The summed E-state index contributed by atoms with van der Waals surface area (Å²) < 4.78 is 3.38. The van der Waals surface area contributed by atoms with Crippen molar-refractivity contribution in [3.05, 3.63) is 66.0 Å². The van der Waals surface area contributed by atoms with Gasteiger partial charge in [-0.05, 0) is 5.56 Å². The van der Waals surface area contributed by atoms with E-state index in [-0.39, 0.29) is 23.6 Å². The average molecular weight is 365 g/mol. The van der Waals surface area contributed by atoms with Crippen LogP contribution >= 0.6 is 0 Å². The summed E-state index contributed by atoms with van der Waals surface area (Å²) in [6, 6.07) is 9.67. The number of hydrogen-bond donors (Lipinski definition) is 1. The normalized spacial score (nSPS) is 14.0. The summed E-state index contributed by atoms with van der Waals surface area (Å²) >= 11 is 0. The molecule has 1 aromatic carbocycles. The molecule has 0 spiro atoms. The minimum Gasteiger partial charge on any atom is -0.347 e. The molecule has 2 aromatic heterocycles. The molecule has 0 bridgehead atoms. The highest BCUT2D eigenvalue weighted by Gasteiger charge is 2.34. The zero-order valence-corrected chi connectivity index (χ0v) is 14.8. The molecule has 138 valence electrons. The summed E-state index contributed by atoms with van der Waals surface area (Å²) in [7, 11) is 1.82. The van der Waals surface area contributed by atoms with Crippen LogP contribution in [0.4, 0.5) is 0 Å². The molecule has 9 nitrogen and oxygen atoms in total. The summed E-state index contributed by atoms with van der Waals surface area (Å²) in [5.41, 5.74) is 1.71. The van der Waals surface area contributed by atoms with E-state index in [1.807, 2.05) is 37.4 Å². The first-order valence-electron chi connectivity index (χ1n) is 8.61. The maximum Gasteiger partial charge on any atom is 0.274 e. The van der Waals surface area contributed by atoms with Crippen LogP contribution in [0.2, 0.25) is 0 Å². The van der Waals surface area contributed by atoms with Gasteiger partial charge in [-0.1, -0.05) is 35.5 Å². The third-order valence-electron chi connectivity index (χ3n) is 4.49. The Bertz CT molecular complexity index is 957. The lowest BCUT2D eigenvalue weighted by Crippen LogP contribution is -2.51. The number of likely N-dealkylation sites (tertiary alicyclic amines) is 1. The molecule has 1 aliphatic rings. The van der Waals surface area contributed by atoms with E-state index in [9.17, 15) is 9.59 Å². The van der Waals surface area contributed by atoms with Gasteiger partial charge in [0, 0.05) is 32.9 Å². The Labute approximate surface area is 155 Å². The number of imidazole rings is 1. The van der Waals surface area contributed by atoms with Gasteiger partial charge in [-0.25, -0.2) is 9.67 Å². The van der Waals surface area contributed by atoms with Gasteiger partial charge in [0.05, 0.1) is 18.6 Å². The number of carbonyl (C=O) groups excluding carboxylic acids is 2. The highest BCUT2D eigenvalue weighted by atomic mass is 16.2. The first kappa shape index (κ1) is 17.0. The number of carbonyl (C=O) groups is 2. The smallest absolute Gasteiger partial charge is 0.274 e. The van der Waals surface area contributed by atoms with Crippen LogP contribution in [0.1, 0.15) is 32.6 Å². The van der Waals surface area contributed by atoms with Crippen molar-refractivity contribution in [2.24, 2.45) is 7.05 Å². The van der Waals surface area contributed by atoms with Crippen LogP contribution in [0, 0.1) is 0 Å². The van der Waals surface area contributed by atoms with Gasteiger partial charge in [0.15, 0.2) is 5.69 Å². The second-order valence-electron chi connectivity index (χ2n) is 6.54. The quantitative estimate of drug-likeness (QED) is 0.715. The third-order valence-corrected chi connectivity index (χ3v) is 4.49. The van der Waals surface area contributed by atoms with E-state index in [0.29, 0.717) is 25.3 Å². The minimum atomic E-state index is -0.272. The van der Waals surface area contributed by atoms with Gasteiger partial charge in [0.25, 0.3) is 11.8 Å². The van der Waals surface area contributed by atoms with Gasteiger partial charge in [0.1, 0.15) is 5.69 Å². The molecular formula is C18H19N7O2. The summed E-state index contributed by atoms with van der Waals surface area (Å²) in [5.74, 6) is -0.376. The number of benzene rings is 1. The Morgan fingerprint density at radius 1 is 1.15 bits per heavy atom. The van der Waals surface area contributed by atoms with E-state index in [1.165, 1.54) is 0 Å². The molecule has 0 unspecified atom stereocenters. The zero-order chi connectivity index (χ0) is 18.8. The van der Waals surface area contributed by atoms with E-state index in [2.05, 4.69) is 20.6 Å². The predicted octanol–water partition coefficient (Wildman–Crippen LogP) is 0.639. The molecule has 0 saturated carbocycles. The predicted molar refractivity (Wildman–Crippen MR) is 95.8 cm³/mol. The molecule has 3 heterocycles. The Morgan fingerprint density at radius 3 is 2.63 bits per heavy atom. The first-order chi connectivity index (χ1) is 13.1. The molecule has 9 heteroatoms. The number of rotatable bonds is 5. The number of hydrogen-bond acceptors (Lipinski definition) is 5. The van der Waals surface area contributed by atoms with Crippen molar-refractivity contribution in [1.29, 1.82) is 0 Å². The van der Waals surface area contributed by atoms with Crippen molar-refractivity contribution in [2.45, 2.75) is 12.6 Å². The maximum atomic E-state index is 12.3. The number of aryl methyl sites for hydroxylation is 1. The summed E-state index contributed by atoms with van der Waals surface area (Å²) in [6.07, 6.45) is 4.91. The van der Waals surface area contributed by atoms with Gasteiger partial charge < -0.3 is 14.8 Å². The Balaban J connectivity index is 1.31. The topological polar surface area (TPSA) is 97.9 Å². The van der Waals surface area contributed by atoms with Crippen molar-refractivity contribution < 1.29 is 9.59 Å². The van der Waals surface area contributed by atoms with E-state index < -0.39 is 0 Å². The summed E-state index contributed by atoms with van der Waals surface area (Å²) in [6.45, 7) is 1.47. The van der Waals surface area contributed by atoms with Crippen molar-refractivity contribution >= 4 is 11.8 Å². The van der Waals surface area contributed by atoms with Gasteiger partial charge in [-0.3, -0.25) is 9.59 Å².